The highest BCUT2D eigenvalue weighted by Crippen LogP contribution is 2.50. The second-order valence-electron chi connectivity index (χ2n) is 6.04. The van der Waals surface area contributed by atoms with Crippen LogP contribution in [0.3, 0.4) is 0 Å². The van der Waals surface area contributed by atoms with Crippen LogP contribution in [0.4, 0.5) is 0 Å². The van der Waals surface area contributed by atoms with Crippen LogP contribution in [0.25, 0.3) is 0 Å². The molecule has 3 fully saturated rings. The quantitative estimate of drug-likeness (QED) is 0.658. The Morgan fingerprint density at radius 3 is 2.50 bits per heavy atom. The smallest absolute Gasteiger partial charge is 0.154 e. The lowest BCUT2D eigenvalue weighted by atomic mass is 9.59. The number of carbonyl (C=O) groups excluding carboxylic acids is 1. The normalized spacial score (nSPS) is 38.4. The molecule has 0 radical (unpaired) electrons. The first-order valence-electron chi connectivity index (χ1n) is 6.78. The van der Waals surface area contributed by atoms with Crippen molar-refractivity contribution in [3.05, 3.63) is 0 Å². The lowest BCUT2D eigenvalue weighted by Gasteiger charge is -2.47. The number of carbonyl (C=O) groups is 1. The zero-order valence-corrected chi connectivity index (χ0v) is 9.98. The summed E-state index contributed by atoms with van der Waals surface area (Å²) in [5.41, 5.74) is 6.75. The number of rotatable bonds is 0. The van der Waals surface area contributed by atoms with Gasteiger partial charge in [-0.15, -0.1) is 0 Å². The summed E-state index contributed by atoms with van der Waals surface area (Å²) >= 11 is 0. The summed E-state index contributed by atoms with van der Waals surface area (Å²) in [6.07, 6.45) is 10.9. The third kappa shape index (κ3) is 1.61. The zero-order chi connectivity index (χ0) is 11.1. The Morgan fingerprint density at radius 2 is 1.81 bits per heavy atom. The molecule has 3 aliphatic rings. The first-order chi connectivity index (χ1) is 7.75. The average Bonchev–Trinajstić information content (AvgIpc) is 2.75. The molecule has 0 aromatic heterocycles. The molecule has 0 amide bonds. The predicted octanol–water partition coefficient (Wildman–Crippen LogP) is 1.93. The molecule has 1 atom stereocenters. The summed E-state index contributed by atoms with van der Waals surface area (Å²) in [5.74, 6) is 0.452. The molecule has 2 saturated carbocycles. The van der Waals surface area contributed by atoms with Gasteiger partial charge >= 0.3 is 0 Å². The van der Waals surface area contributed by atoms with E-state index in [-0.39, 0.29) is 5.54 Å². The van der Waals surface area contributed by atoms with Crippen molar-refractivity contribution in [3.8, 4) is 0 Å². The highest BCUT2D eigenvalue weighted by molar-refractivity contribution is 5.89. The third-order valence-electron chi connectivity index (χ3n) is 5.01. The van der Waals surface area contributed by atoms with Gasteiger partial charge in [-0.3, -0.25) is 10.2 Å². The van der Waals surface area contributed by atoms with Crippen LogP contribution < -0.4 is 10.9 Å². The molecule has 1 unspecified atom stereocenters. The SMILES string of the molecule is O=C1CCC2(CCCCC2)CC12CCNN2. The average molecular weight is 222 g/mol. The topological polar surface area (TPSA) is 41.1 Å². The fraction of sp³-hybridized carbons (Fsp3) is 0.923. The monoisotopic (exact) mass is 222 g/mol. The first-order valence-corrected chi connectivity index (χ1v) is 6.78. The van der Waals surface area contributed by atoms with Crippen LogP contribution in [-0.2, 0) is 4.79 Å². The minimum absolute atomic E-state index is 0.199. The van der Waals surface area contributed by atoms with E-state index in [1.807, 2.05) is 0 Å². The van der Waals surface area contributed by atoms with Gasteiger partial charge in [0.1, 0.15) is 0 Å². The second kappa shape index (κ2) is 3.81. The summed E-state index contributed by atoms with van der Waals surface area (Å²) in [6, 6.07) is 0. The molecule has 90 valence electrons. The Hall–Kier alpha value is -0.410. The molecule has 16 heavy (non-hydrogen) atoms. The Morgan fingerprint density at radius 1 is 1.00 bits per heavy atom. The number of hydrazine groups is 1. The summed E-state index contributed by atoms with van der Waals surface area (Å²) in [6.45, 7) is 0.946. The zero-order valence-electron chi connectivity index (χ0n) is 9.98. The van der Waals surface area contributed by atoms with E-state index >= 15 is 0 Å². The maximum atomic E-state index is 12.1. The Kier molecular flexibility index (Phi) is 2.55. The highest BCUT2D eigenvalue weighted by Gasteiger charge is 2.51. The van der Waals surface area contributed by atoms with Crippen molar-refractivity contribution in [2.24, 2.45) is 5.41 Å². The van der Waals surface area contributed by atoms with E-state index in [1.165, 1.54) is 32.1 Å². The molecule has 0 aromatic carbocycles. The number of nitrogens with one attached hydrogen (secondary N) is 2. The molecule has 2 spiro atoms. The largest absolute Gasteiger partial charge is 0.298 e. The summed E-state index contributed by atoms with van der Waals surface area (Å²) < 4.78 is 0. The molecule has 3 rings (SSSR count). The van der Waals surface area contributed by atoms with Crippen LogP contribution in [0.1, 0.15) is 57.8 Å². The molecular formula is C13H22N2O. The van der Waals surface area contributed by atoms with Crippen LogP contribution >= 0.6 is 0 Å². The fourth-order valence-corrected chi connectivity index (χ4v) is 4.09. The van der Waals surface area contributed by atoms with Gasteiger partial charge in [0.2, 0.25) is 0 Å². The number of ketones is 1. The van der Waals surface area contributed by atoms with Gasteiger partial charge in [0.25, 0.3) is 0 Å². The third-order valence-corrected chi connectivity index (χ3v) is 5.01. The molecule has 1 heterocycles. The molecule has 2 aliphatic carbocycles. The first kappa shape index (κ1) is 10.7. The maximum absolute atomic E-state index is 12.1. The van der Waals surface area contributed by atoms with Crippen molar-refractivity contribution in [3.63, 3.8) is 0 Å². The molecule has 0 bridgehead atoms. The van der Waals surface area contributed by atoms with Crippen LogP contribution in [-0.4, -0.2) is 17.9 Å². The predicted molar refractivity (Wildman–Crippen MR) is 62.9 cm³/mol. The van der Waals surface area contributed by atoms with Crippen molar-refractivity contribution in [1.29, 1.82) is 0 Å². The Bertz CT molecular complexity index is 288. The molecule has 3 nitrogen and oxygen atoms in total. The van der Waals surface area contributed by atoms with Gasteiger partial charge in [-0.05, 0) is 37.5 Å². The molecule has 2 N–H and O–H groups in total. The Labute approximate surface area is 97.3 Å². The van der Waals surface area contributed by atoms with Gasteiger partial charge in [-0.2, -0.15) is 0 Å². The van der Waals surface area contributed by atoms with Crippen LogP contribution in [0.2, 0.25) is 0 Å². The van der Waals surface area contributed by atoms with Crippen LogP contribution in [0.5, 0.6) is 0 Å². The van der Waals surface area contributed by atoms with Gasteiger partial charge in [-0.1, -0.05) is 19.3 Å². The van der Waals surface area contributed by atoms with Crippen molar-refractivity contribution in [2.75, 3.05) is 6.54 Å². The van der Waals surface area contributed by atoms with E-state index in [1.54, 1.807) is 0 Å². The van der Waals surface area contributed by atoms with E-state index in [2.05, 4.69) is 10.9 Å². The molecule has 1 saturated heterocycles. The van der Waals surface area contributed by atoms with Crippen molar-refractivity contribution in [2.45, 2.75) is 63.3 Å². The number of hydrogen-bond acceptors (Lipinski definition) is 3. The molecular weight excluding hydrogens is 200 g/mol. The van der Waals surface area contributed by atoms with E-state index in [0.717, 1.165) is 32.2 Å². The maximum Gasteiger partial charge on any atom is 0.154 e. The van der Waals surface area contributed by atoms with Gasteiger partial charge < -0.3 is 0 Å². The van der Waals surface area contributed by atoms with Crippen molar-refractivity contribution < 1.29 is 4.79 Å². The highest BCUT2D eigenvalue weighted by atomic mass is 16.1. The van der Waals surface area contributed by atoms with E-state index in [9.17, 15) is 4.79 Å². The van der Waals surface area contributed by atoms with Crippen molar-refractivity contribution in [1.82, 2.24) is 10.9 Å². The summed E-state index contributed by atoms with van der Waals surface area (Å²) in [7, 11) is 0. The number of Topliss-reactive ketones (excluding diaryl/α,β-unsaturated/α-hetero) is 1. The van der Waals surface area contributed by atoms with Gasteiger partial charge in [-0.25, -0.2) is 5.43 Å². The minimum Gasteiger partial charge on any atom is -0.298 e. The lowest BCUT2D eigenvalue weighted by molar-refractivity contribution is -0.131. The van der Waals surface area contributed by atoms with Gasteiger partial charge in [0.05, 0.1) is 5.54 Å². The fourth-order valence-electron chi connectivity index (χ4n) is 4.09. The van der Waals surface area contributed by atoms with Crippen LogP contribution in [0.15, 0.2) is 0 Å². The Balaban J connectivity index is 1.81. The van der Waals surface area contributed by atoms with E-state index in [4.69, 9.17) is 0 Å². The van der Waals surface area contributed by atoms with Gasteiger partial charge in [0, 0.05) is 13.0 Å². The van der Waals surface area contributed by atoms with Crippen LogP contribution in [0, 0.1) is 5.41 Å². The lowest BCUT2D eigenvalue weighted by Crippen LogP contribution is -2.56. The second-order valence-corrected chi connectivity index (χ2v) is 6.04. The molecule has 1 aliphatic heterocycles. The molecule has 3 heteroatoms. The standard InChI is InChI=1S/C13H22N2O/c16-11-4-7-12(5-2-1-3-6-12)10-13(11)8-9-14-15-13/h14-15H,1-10H2. The van der Waals surface area contributed by atoms with E-state index < -0.39 is 0 Å². The minimum atomic E-state index is -0.199. The van der Waals surface area contributed by atoms with Crippen molar-refractivity contribution >= 4 is 5.78 Å². The van der Waals surface area contributed by atoms with E-state index in [0.29, 0.717) is 11.2 Å². The summed E-state index contributed by atoms with van der Waals surface area (Å²) in [4.78, 5) is 12.1. The molecule has 0 aromatic rings. The number of hydrogen-bond donors (Lipinski definition) is 2. The summed E-state index contributed by atoms with van der Waals surface area (Å²) in [5, 5.41) is 0. The van der Waals surface area contributed by atoms with Gasteiger partial charge in [0.15, 0.2) is 5.78 Å².